The van der Waals surface area contributed by atoms with Gasteiger partial charge in [-0.05, 0) is 68.5 Å². The van der Waals surface area contributed by atoms with E-state index in [9.17, 15) is 15.3 Å². The number of carbonyl (C=O) groups is 1. The molecule has 226 valence electrons. The van der Waals surface area contributed by atoms with Crippen LogP contribution in [0.5, 0.6) is 5.75 Å². The fourth-order valence-corrected chi connectivity index (χ4v) is 5.49. The average molecular weight is 611 g/mol. The Morgan fingerprint density at radius 3 is 2.27 bits per heavy atom. The van der Waals surface area contributed by atoms with Gasteiger partial charge in [0.15, 0.2) is 27.6 Å². The molecule has 44 heavy (non-hydrogen) atoms. The zero-order valence-corrected chi connectivity index (χ0v) is 26.2. The molecule has 0 aliphatic carbocycles. The molecule has 0 radical (unpaired) electrons. The first-order valence-corrected chi connectivity index (χ1v) is 15.2. The normalized spacial score (nSPS) is 12.4. The van der Waals surface area contributed by atoms with Gasteiger partial charge in [0, 0.05) is 18.7 Å². The number of nitriles is 2. The van der Waals surface area contributed by atoms with Gasteiger partial charge < -0.3 is 14.7 Å². The minimum absolute atomic E-state index is 0.0165. The van der Waals surface area contributed by atoms with Crippen molar-refractivity contribution in [3.05, 3.63) is 71.0 Å². The lowest BCUT2D eigenvalue weighted by Crippen LogP contribution is -2.22. The third-order valence-corrected chi connectivity index (χ3v) is 8.31. The summed E-state index contributed by atoms with van der Waals surface area (Å²) in [6, 6.07) is 19.2. The van der Waals surface area contributed by atoms with E-state index < -0.39 is 12.1 Å². The fourth-order valence-electron chi connectivity index (χ4n) is 4.45. The van der Waals surface area contributed by atoms with E-state index in [1.165, 1.54) is 23.8 Å². The predicted molar refractivity (Wildman–Crippen MR) is 169 cm³/mol. The van der Waals surface area contributed by atoms with Gasteiger partial charge in [-0.1, -0.05) is 49.4 Å². The number of aromatic nitrogens is 3. The number of thiazole rings is 1. The Morgan fingerprint density at radius 1 is 1.02 bits per heavy atom. The van der Waals surface area contributed by atoms with Crippen molar-refractivity contribution in [2.45, 2.75) is 59.6 Å². The van der Waals surface area contributed by atoms with E-state index in [1.807, 2.05) is 32.0 Å². The summed E-state index contributed by atoms with van der Waals surface area (Å²) in [6.45, 7) is 11.7. The Kier molecular flexibility index (Phi) is 10.4. The monoisotopic (exact) mass is 610 g/mol. The van der Waals surface area contributed by atoms with Gasteiger partial charge >= 0.3 is 5.97 Å². The number of anilines is 1. The molecule has 2 aromatic heterocycles. The van der Waals surface area contributed by atoms with Crippen LogP contribution in [0.3, 0.4) is 0 Å². The largest absolute Gasteiger partial charge is 0.479 e. The van der Waals surface area contributed by atoms with Crippen LogP contribution in [0.25, 0.3) is 11.3 Å². The first-order valence-electron chi connectivity index (χ1n) is 14.4. The molecule has 2 heterocycles. The summed E-state index contributed by atoms with van der Waals surface area (Å²) < 4.78 is 7.07. The van der Waals surface area contributed by atoms with Gasteiger partial charge in [-0.15, -0.1) is 10.2 Å². The van der Waals surface area contributed by atoms with Gasteiger partial charge in [0.1, 0.15) is 23.6 Å². The molecule has 2 aromatic carbocycles. The topological polar surface area (TPSA) is 153 Å². The zero-order valence-electron chi connectivity index (χ0n) is 25.4. The molecule has 0 aliphatic heterocycles. The quantitative estimate of drug-likeness (QED) is 0.153. The summed E-state index contributed by atoms with van der Waals surface area (Å²) in [7, 11) is 0. The Hall–Kier alpha value is -5.07. The summed E-state index contributed by atoms with van der Waals surface area (Å²) in [5.41, 5.74) is 3.60. The van der Waals surface area contributed by atoms with E-state index in [2.05, 4.69) is 52.2 Å². The molecule has 1 N–H and O–H groups in total. The molecule has 0 bridgehead atoms. The highest BCUT2D eigenvalue weighted by molar-refractivity contribution is 7.19. The fraction of sp³-hybridized carbons (Fsp3) is 0.344. The zero-order chi connectivity index (χ0) is 31.8. The van der Waals surface area contributed by atoms with Crippen LogP contribution in [-0.2, 0) is 11.3 Å². The van der Waals surface area contributed by atoms with Crippen LogP contribution in [0.15, 0.2) is 58.8 Å². The summed E-state index contributed by atoms with van der Waals surface area (Å²) in [6.07, 6.45) is 0.0457. The maximum Gasteiger partial charge on any atom is 0.344 e. The molecule has 12 heteroatoms. The molecule has 0 spiro atoms. The number of nitrogens with zero attached hydrogens (tertiary/aromatic N) is 8. The minimum atomic E-state index is -1.05. The van der Waals surface area contributed by atoms with Crippen molar-refractivity contribution in [3.8, 4) is 29.1 Å². The number of carboxylic acid groups (broad SMARTS) is 1. The summed E-state index contributed by atoms with van der Waals surface area (Å²) in [5, 5.41) is 39.0. The van der Waals surface area contributed by atoms with Crippen LogP contribution in [0.4, 0.5) is 16.1 Å². The van der Waals surface area contributed by atoms with Crippen molar-refractivity contribution in [1.29, 1.82) is 10.5 Å². The molecule has 2 unspecified atom stereocenters. The average Bonchev–Trinajstić information content (AvgIpc) is 3.61. The number of aliphatic carboxylic acids is 1. The summed E-state index contributed by atoms with van der Waals surface area (Å²) >= 11 is 1.37. The molecule has 4 aromatic rings. The molecular weight excluding hydrogens is 576 g/mol. The molecular formula is C32H34N8O3S. The van der Waals surface area contributed by atoms with Crippen LogP contribution in [-0.4, -0.2) is 44.8 Å². The number of benzene rings is 2. The van der Waals surface area contributed by atoms with Gasteiger partial charge in [-0.3, -0.25) is 4.57 Å². The highest BCUT2D eigenvalue weighted by Gasteiger charge is 2.20. The molecule has 0 fully saturated rings. The number of carboxylic acids is 1. The first kappa shape index (κ1) is 31.9. The SMILES string of the molecule is CCC(C)c1ccc(Cn2c(N=Nc3sc(N(CC)CC)nc3-c3ccc(OC(C)C(=O)O)cc3)nc(C#N)c2C#N)cc1. The standard InChI is InChI=1S/C32H34N8O3S/c1-6-20(4)23-11-9-22(10-12-23)19-40-27(18-34)26(17-33)35-31(40)38-37-29-28(36-32(44-29)39(7-2)8-3)24-13-15-25(16-14-24)43-21(5)30(41)42/h9-16,20-21H,6-8,19H2,1-5H3,(H,41,42). The number of hydrogen-bond acceptors (Lipinski definition) is 10. The number of azo groups is 1. The lowest BCUT2D eigenvalue weighted by Gasteiger charge is -2.16. The Bertz CT molecular complexity index is 1710. The second-order valence-corrected chi connectivity index (χ2v) is 11.1. The van der Waals surface area contributed by atoms with E-state index >= 15 is 0 Å². The maximum absolute atomic E-state index is 11.2. The van der Waals surface area contributed by atoms with Crippen molar-refractivity contribution in [3.63, 3.8) is 0 Å². The van der Waals surface area contributed by atoms with Crippen molar-refractivity contribution < 1.29 is 14.6 Å². The number of rotatable bonds is 13. The molecule has 0 aliphatic rings. The minimum Gasteiger partial charge on any atom is -0.479 e. The molecule has 11 nitrogen and oxygen atoms in total. The molecule has 0 saturated heterocycles. The van der Waals surface area contributed by atoms with Crippen LogP contribution in [0, 0.1) is 22.7 Å². The van der Waals surface area contributed by atoms with E-state index in [-0.39, 0.29) is 17.3 Å². The van der Waals surface area contributed by atoms with E-state index in [1.54, 1.807) is 28.8 Å². The third kappa shape index (κ3) is 7.10. The number of hydrogen-bond donors (Lipinski definition) is 1. The summed E-state index contributed by atoms with van der Waals surface area (Å²) in [4.78, 5) is 22.5. The predicted octanol–water partition coefficient (Wildman–Crippen LogP) is 7.43. The lowest BCUT2D eigenvalue weighted by molar-refractivity contribution is -0.144. The summed E-state index contributed by atoms with van der Waals surface area (Å²) in [5.74, 6) is -0.0633. The highest BCUT2D eigenvalue weighted by Crippen LogP contribution is 2.41. The van der Waals surface area contributed by atoms with Gasteiger partial charge in [0.25, 0.3) is 5.95 Å². The Morgan fingerprint density at radius 2 is 1.70 bits per heavy atom. The molecule has 2 atom stereocenters. The maximum atomic E-state index is 11.2. The van der Waals surface area contributed by atoms with Crippen LogP contribution in [0.1, 0.15) is 69.5 Å². The van der Waals surface area contributed by atoms with Crippen LogP contribution in [0.2, 0.25) is 0 Å². The van der Waals surface area contributed by atoms with Gasteiger partial charge in [0.05, 0.1) is 6.54 Å². The van der Waals surface area contributed by atoms with Crippen molar-refractivity contribution in [2.24, 2.45) is 10.2 Å². The number of imidazole rings is 1. The second-order valence-electron chi connectivity index (χ2n) is 10.1. The second kappa shape index (κ2) is 14.4. The lowest BCUT2D eigenvalue weighted by atomic mass is 9.98. The van der Waals surface area contributed by atoms with E-state index in [0.717, 1.165) is 35.8 Å². The van der Waals surface area contributed by atoms with Crippen LogP contribution >= 0.6 is 11.3 Å². The Balaban J connectivity index is 1.72. The van der Waals surface area contributed by atoms with Crippen molar-refractivity contribution in [1.82, 2.24) is 14.5 Å². The first-order chi connectivity index (χ1) is 21.2. The number of ether oxygens (including phenoxy) is 1. The molecule has 0 amide bonds. The van der Waals surface area contributed by atoms with E-state index in [0.29, 0.717) is 28.9 Å². The molecule has 4 rings (SSSR count). The van der Waals surface area contributed by atoms with Crippen molar-refractivity contribution in [2.75, 3.05) is 18.0 Å². The van der Waals surface area contributed by atoms with E-state index in [4.69, 9.17) is 14.8 Å². The van der Waals surface area contributed by atoms with Gasteiger partial charge in [-0.2, -0.15) is 15.5 Å². The molecule has 0 saturated carbocycles. The third-order valence-electron chi connectivity index (χ3n) is 7.31. The van der Waals surface area contributed by atoms with Crippen LogP contribution < -0.4 is 9.64 Å². The highest BCUT2D eigenvalue weighted by atomic mass is 32.1. The smallest absolute Gasteiger partial charge is 0.344 e. The Labute approximate surface area is 260 Å². The van der Waals surface area contributed by atoms with Gasteiger partial charge in [-0.25, -0.2) is 9.78 Å². The van der Waals surface area contributed by atoms with Crippen molar-refractivity contribution >= 4 is 33.4 Å². The van der Waals surface area contributed by atoms with Gasteiger partial charge in [0.2, 0.25) is 0 Å².